The van der Waals surface area contributed by atoms with Gasteiger partial charge in [-0.05, 0) is 49.8 Å². The third-order valence-corrected chi connectivity index (χ3v) is 4.49. The molecule has 1 N–H and O–H groups in total. The maximum Gasteiger partial charge on any atom is 0.416 e. The van der Waals surface area contributed by atoms with Crippen LogP contribution in [0, 0.1) is 11.8 Å². The average Bonchev–Trinajstić information content (AvgIpc) is 2.44. The van der Waals surface area contributed by atoms with Crippen LogP contribution in [-0.2, 0) is 6.18 Å². The van der Waals surface area contributed by atoms with Crippen molar-refractivity contribution in [3.63, 3.8) is 0 Å². The molecule has 1 aliphatic rings. The van der Waals surface area contributed by atoms with Gasteiger partial charge in [0.2, 0.25) is 0 Å². The van der Waals surface area contributed by atoms with Crippen LogP contribution >= 0.6 is 0 Å². The predicted octanol–water partition coefficient (Wildman–Crippen LogP) is 5.18. The molecule has 0 radical (unpaired) electrons. The fraction of sp³-hybridized carbons (Fsp3) is 0.647. The van der Waals surface area contributed by atoms with Gasteiger partial charge in [-0.2, -0.15) is 13.2 Å². The first-order valence-electron chi connectivity index (χ1n) is 7.77. The van der Waals surface area contributed by atoms with Gasteiger partial charge in [-0.3, -0.25) is 0 Å². The van der Waals surface area contributed by atoms with Crippen molar-refractivity contribution in [3.8, 4) is 0 Å². The van der Waals surface area contributed by atoms with Crippen LogP contribution < -0.4 is 5.32 Å². The summed E-state index contributed by atoms with van der Waals surface area (Å²) < 4.78 is 39.1. The Balaban J connectivity index is 1.99. The number of hydrogen-bond donors (Lipinski definition) is 1. The summed E-state index contributed by atoms with van der Waals surface area (Å²) in [5.74, 6) is 1.33. The largest absolute Gasteiger partial charge is 0.416 e. The van der Waals surface area contributed by atoms with Gasteiger partial charge < -0.3 is 5.32 Å². The fourth-order valence-electron chi connectivity index (χ4n) is 3.33. The van der Waals surface area contributed by atoms with E-state index in [1.165, 1.54) is 31.7 Å². The Bertz CT molecular complexity index is 456. The normalized spacial score (nSPS) is 24.8. The second kappa shape index (κ2) is 6.82. The average molecular weight is 299 g/mol. The number of alkyl halides is 3. The Kier molecular flexibility index (Phi) is 5.31. The van der Waals surface area contributed by atoms with Crippen LogP contribution in [0.3, 0.4) is 0 Å². The molecule has 2 rings (SSSR count). The highest BCUT2D eigenvalue weighted by atomic mass is 19.4. The molecule has 0 bridgehead atoms. The van der Waals surface area contributed by atoms with Crippen molar-refractivity contribution in [2.75, 3.05) is 6.54 Å². The molecule has 4 heteroatoms. The van der Waals surface area contributed by atoms with E-state index < -0.39 is 11.7 Å². The summed E-state index contributed by atoms with van der Waals surface area (Å²) in [4.78, 5) is 0. The molecule has 118 valence electrons. The zero-order chi connectivity index (χ0) is 15.5. The van der Waals surface area contributed by atoms with E-state index in [2.05, 4.69) is 12.2 Å². The van der Waals surface area contributed by atoms with Crippen molar-refractivity contribution in [2.45, 2.75) is 51.7 Å². The lowest BCUT2D eigenvalue weighted by Gasteiger charge is -2.28. The van der Waals surface area contributed by atoms with Crippen LogP contribution in [0.4, 0.5) is 13.2 Å². The molecule has 1 aliphatic carbocycles. The highest BCUT2D eigenvalue weighted by molar-refractivity contribution is 5.32. The molecule has 0 saturated heterocycles. The van der Waals surface area contributed by atoms with Crippen molar-refractivity contribution in [2.24, 2.45) is 11.8 Å². The van der Waals surface area contributed by atoms with Crippen LogP contribution in [0.25, 0.3) is 0 Å². The third-order valence-electron chi connectivity index (χ3n) is 4.49. The molecule has 21 heavy (non-hydrogen) atoms. The Morgan fingerprint density at radius 2 is 1.95 bits per heavy atom. The maximum atomic E-state index is 13.0. The quantitative estimate of drug-likeness (QED) is 0.807. The van der Waals surface area contributed by atoms with Gasteiger partial charge >= 0.3 is 6.18 Å². The van der Waals surface area contributed by atoms with Gasteiger partial charge in [0, 0.05) is 6.04 Å². The Labute approximate surface area is 124 Å². The molecule has 3 atom stereocenters. The predicted molar refractivity (Wildman–Crippen MR) is 79.0 cm³/mol. The van der Waals surface area contributed by atoms with E-state index in [0.29, 0.717) is 11.5 Å². The van der Waals surface area contributed by atoms with Gasteiger partial charge in [0.15, 0.2) is 0 Å². The van der Waals surface area contributed by atoms with Crippen LogP contribution in [0.2, 0.25) is 0 Å². The molecule has 0 heterocycles. The Morgan fingerprint density at radius 3 is 2.62 bits per heavy atom. The van der Waals surface area contributed by atoms with Crippen molar-refractivity contribution >= 4 is 0 Å². The van der Waals surface area contributed by atoms with E-state index in [1.807, 2.05) is 6.92 Å². The summed E-state index contributed by atoms with van der Waals surface area (Å²) in [5, 5.41) is 3.30. The van der Waals surface area contributed by atoms with Crippen molar-refractivity contribution < 1.29 is 13.2 Å². The zero-order valence-electron chi connectivity index (χ0n) is 12.7. The maximum absolute atomic E-state index is 13.0. The summed E-state index contributed by atoms with van der Waals surface area (Å²) >= 11 is 0. The van der Waals surface area contributed by atoms with Gasteiger partial charge in [0.1, 0.15) is 0 Å². The molecular weight excluding hydrogens is 275 g/mol. The molecule has 0 spiro atoms. The molecule has 1 aromatic carbocycles. The number of hydrogen-bond acceptors (Lipinski definition) is 1. The topological polar surface area (TPSA) is 12.0 Å². The van der Waals surface area contributed by atoms with Crippen LogP contribution in [0.1, 0.15) is 56.7 Å². The third kappa shape index (κ3) is 4.47. The summed E-state index contributed by atoms with van der Waals surface area (Å²) in [6.45, 7) is 4.88. The monoisotopic (exact) mass is 299 g/mol. The molecular formula is C17H24F3N. The molecule has 1 fully saturated rings. The molecule has 0 aromatic heterocycles. The molecule has 0 aliphatic heterocycles. The second-order valence-electron chi connectivity index (χ2n) is 6.35. The van der Waals surface area contributed by atoms with E-state index in [9.17, 15) is 13.2 Å². The van der Waals surface area contributed by atoms with Crippen molar-refractivity contribution in [1.29, 1.82) is 0 Å². The minimum atomic E-state index is -4.29. The SMILES string of the molecule is CC1CCCC(CNC(C)c2ccccc2C(F)(F)F)C1. The van der Waals surface area contributed by atoms with Crippen molar-refractivity contribution in [3.05, 3.63) is 35.4 Å². The smallest absolute Gasteiger partial charge is 0.310 e. The van der Waals surface area contributed by atoms with E-state index in [4.69, 9.17) is 0 Å². The lowest BCUT2D eigenvalue weighted by Crippen LogP contribution is -2.29. The first-order valence-corrected chi connectivity index (χ1v) is 7.77. The highest BCUT2D eigenvalue weighted by Gasteiger charge is 2.34. The molecule has 1 saturated carbocycles. The molecule has 0 amide bonds. The van der Waals surface area contributed by atoms with Crippen LogP contribution in [-0.4, -0.2) is 6.54 Å². The van der Waals surface area contributed by atoms with Gasteiger partial charge in [0.25, 0.3) is 0 Å². The van der Waals surface area contributed by atoms with Crippen molar-refractivity contribution in [1.82, 2.24) is 5.32 Å². The summed E-state index contributed by atoms with van der Waals surface area (Å²) in [7, 11) is 0. The van der Waals surface area contributed by atoms with E-state index in [0.717, 1.165) is 18.5 Å². The van der Waals surface area contributed by atoms with Gasteiger partial charge in [0.05, 0.1) is 5.56 Å². The molecule has 3 unspecified atom stereocenters. The van der Waals surface area contributed by atoms with Gasteiger partial charge in [-0.25, -0.2) is 0 Å². The van der Waals surface area contributed by atoms with Gasteiger partial charge in [-0.1, -0.05) is 38.0 Å². The lowest BCUT2D eigenvalue weighted by atomic mass is 9.82. The van der Waals surface area contributed by atoms with Crippen LogP contribution in [0.15, 0.2) is 24.3 Å². The first-order chi connectivity index (χ1) is 9.88. The Morgan fingerprint density at radius 1 is 1.24 bits per heavy atom. The van der Waals surface area contributed by atoms with Gasteiger partial charge in [-0.15, -0.1) is 0 Å². The summed E-state index contributed by atoms with van der Waals surface area (Å²) in [6.07, 6.45) is 0.599. The van der Waals surface area contributed by atoms with E-state index in [1.54, 1.807) is 12.1 Å². The standard InChI is InChI=1S/C17H24F3N/c1-12-6-5-7-14(10-12)11-21-13(2)15-8-3-4-9-16(15)17(18,19)20/h3-4,8-9,12-14,21H,5-7,10-11H2,1-2H3. The Hall–Kier alpha value is -1.03. The first kappa shape index (κ1) is 16.3. The highest BCUT2D eigenvalue weighted by Crippen LogP contribution is 2.35. The molecule has 1 nitrogen and oxygen atoms in total. The summed E-state index contributed by atoms with van der Waals surface area (Å²) in [5.41, 5.74) is -0.184. The minimum Gasteiger partial charge on any atom is -0.310 e. The zero-order valence-corrected chi connectivity index (χ0v) is 12.7. The van der Waals surface area contributed by atoms with Crippen LogP contribution in [0.5, 0.6) is 0 Å². The number of nitrogens with one attached hydrogen (secondary N) is 1. The second-order valence-corrected chi connectivity index (χ2v) is 6.35. The minimum absolute atomic E-state index is 0.278. The lowest BCUT2D eigenvalue weighted by molar-refractivity contribution is -0.138. The molecule has 1 aromatic rings. The summed E-state index contributed by atoms with van der Waals surface area (Å²) in [6, 6.07) is 5.58. The number of rotatable bonds is 4. The van der Waals surface area contributed by atoms with E-state index in [-0.39, 0.29) is 6.04 Å². The van der Waals surface area contributed by atoms with E-state index >= 15 is 0 Å². The number of halogens is 3. The fourth-order valence-corrected chi connectivity index (χ4v) is 3.33. The number of benzene rings is 1.